The SMILES string of the molecule is CCOc1ccc2nc(N(CCN(C)C)C(=O)c3ccc(S(=O)(=O)N4CCCCCC4)cc3)sc2c1. The normalized spacial score (nSPS) is 15.2. The van der Waals surface area contributed by atoms with E-state index in [1.54, 1.807) is 33.5 Å². The lowest BCUT2D eigenvalue weighted by Gasteiger charge is -2.22. The van der Waals surface area contributed by atoms with E-state index in [0.717, 1.165) is 41.6 Å². The molecular formula is C26H34N4O4S2. The van der Waals surface area contributed by atoms with Gasteiger partial charge in [0.1, 0.15) is 5.75 Å². The standard InChI is InChI=1S/C26H34N4O4S2/c1-4-34-21-11-14-23-24(19-21)35-26(27-23)30(18-17-28(2)3)25(31)20-9-12-22(13-10-20)36(32,33)29-15-7-5-6-8-16-29/h9-14,19H,4-8,15-18H2,1-3H3. The van der Waals surface area contributed by atoms with Gasteiger partial charge in [-0.15, -0.1) is 0 Å². The number of anilines is 1. The van der Waals surface area contributed by atoms with Gasteiger partial charge >= 0.3 is 0 Å². The molecule has 2 aromatic carbocycles. The van der Waals surface area contributed by atoms with E-state index in [4.69, 9.17) is 9.72 Å². The van der Waals surface area contributed by atoms with Crippen LogP contribution in [0.5, 0.6) is 5.75 Å². The second-order valence-corrected chi connectivity index (χ2v) is 12.1. The predicted molar refractivity (Wildman–Crippen MR) is 145 cm³/mol. The van der Waals surface area contributed by atoms with Gasteiger partial charge in [-0.25, -0.2) is 13.4 Å². The lowest BCUT2D eigenvalue weighted by molar-refractivity contribution is 0.0985. The number of ether oxygens (including phenoxy) is 1. The molecule has 1 amide bonds. The van der Waals surface area contributed by atoms with Crippen LogP contribution in [0.1, 0.15) is 43.0 Å². The molecule has 0 saturated carbocycles. The van der Waals surface area contributed by atoms with E-state index in [-0.39, 0.29) is 10.8 Å². The highest BCUT2D eigenvalue weighted by atomic mass is 32.2. The van der Waals surface area contributed by atoms with Crippen LogP contribution in [0.2, 0.25) is 0 Å². The molecule has 0 N–H and O–H groups in total. The monoisotopic (exact) mass is 530 g/mol. The summed E-state index contributed by atoms with van der Waals surface area (Å²) in [4.78, 5) is 22.2. The zero-order chi connectivity index (χ0) is 25.7. The number of carbonyl (C=O) groups is 1. The average Bonchev–Trinajstić information content (AvgIpc) is 3.07. The molecule has 0 spiro atoms. The molecule has 1 fully saturated rings. The number of carbonyl (C=O) groups excluding carboxylic acids is 1. The molecule has 2 heterocycles. The summed E-state index contributed by atoms with van der Waals surface area (Å²) in [7, 11) is 0.344. The Morgan fingerprint density at radius 1 is 1.03 bits per heavy atom. The summed E-state index contributed by atoms with van der Waals surface area (Å²) >= 11 is 1.44. The molecule has 1 aliphatic rings. The number of thiazole rings is 1. The van der Waals surface area contributed by atoms with Crippen LogP contribution < -0.4 is 9.64 Å². The first-order chi connectivity index (χ1) is 17.3. The number of benzene rings is 2. The Bertz CT molecular complexity index is 1280. The maximum atomic E-state index is 13.6. The summed E-state index contributed by atoms with van der Waals surface area (Å²) in [6.07, 6.45) is 3.87. The molecule has 0 radical (unpaired) electrons. The van der Waals surface area contributed by atoms with Crippen molar-refractivity contribution in [3.63, 3.8) is 0 Å². The zero-order valence-electron chi connectivity index (χ0n) is 21.1. The van der Waals surface area contributed by atoms with Crippen molar-refractivity contribution in [1.29, 1.82) is 0 Å². The number of amides is 1. The number of likely N-dealkylation sites (N-methyl/N-ethyl adjacent to an activating group) is 1. The van der Waals surface area contributed by atoms with E-state index in [0.29, 0.717) is 43.5 Å². The molecule has 1 aromatic heterocycles. The quantitative estimate of drug-likeness (QED) is 0.406. The van der Waals surface area contributed by atoms with E-state index in [9.17, 15) is 13.2 Å². The largest absolute Gasteiger partial charge is 0.494 e. The lowest BCUT2D eigenvalue weighted by Crippen LogP contribution is -2.36. The van der Waals surface area contributed by atoms with Gasteiger partial charge in [0.05, 0.1) is 21.7 Å². The fraction of sp³-hybridized carbons (Fsp3) is 0.462. The maximum Gasteiger partial charge on any atom is 0.260 e. The summed E-state index contributed by atoms with van der Waals surface area (Å²) in [5, 5.41) is 0.603. The average molecular weight is 531 g/mol. The highest BCUT2D eigenvalue weighted by molar-refractivity contribution is 7.89. The van der Waals surface area contributed by atoms with Crippen molar-refractivity contribution >= 4 is 42.6 Å². The molecule has 0 aliphatic carbocycles. The lowest BCUT2D eigenvalue weighted by atomic mass is 10.2. The van der Waals surface area contributed by atoms with Crippen LogP contribution in [0.15, 0.2) is 47.4 Å². The molecule has 0 unspecified atom stereocenters. The zero-order valence-corrected chi connectivity index (χ0v) is 22.8. The molecular weight excluding hydrogens is 496 g/mol. The van der Waals surface area contributed by atoms with Crippen molar-refractivity contribution in [2.75, 3.05) is 51.8 Å². The molecule has 194 valence electrons. The minimum Gasteiger partial charge on any atom is -0.494 e. The molecule has 8 nitrogen and oxygen atoms in total. The Balaban J connectivity index is 1.60. The van der Waals surface area contributed by atoms with Gasteiger partial charge in [-0.1, -0.05) is 24.2 Å². The van der Waals surface area contributed by atoms with Gasteiger partial charge in [0.2, 0.25) is 10.0 Å². The number of nitrogens with zero attached hydrogens (tertiary/aromatic N) is 4. The number of sulfonamides is 1. The first-order valence-corrected chi connectivity index (χ1v) is 14.7. The summed E-state index contributed by atoms with van der Waals surface area (Å²) in [5.41, 5.74) is 1.23. The van der Waals surface area contributed by atoms with E-state index in [1.165, 1.54) is 11.3 Å². The number of hydrogen-bond donors (Lipinski definition) is 0. The first-order valence-electron chi connectivity index (χ1n) is 12.4. The Labute approximate surface area is 217 Å². The van der Waals surface area contributed by atoms with Crippen LogP contribution in [0.4, 0.5) is 5.13 Å². The Morgan fingerprint density at radius 2 is 1.72 bits per heavy atom. The second-order valence-electron chi connectivity index (χ2n) is 9.16. The van der Waals surface area contributed by atoms with Crippen LogP contribution in [0.25, 0.3) is 10.2 Å². The fourth-order valence-corrected chi connectivity index (χ4v) is 6.74. The molecule has 0 bridgehead atoms. The van der Waals surface area contributed by atoms with Crippen LogP contribution >= 0.6 is 11.3 Å². The van der Waals surface area contributed by atoms with Crippen LogP contribution in [-0.4, -0.2) is 75.4 Å². The third-order valence-electron chi connectivity index (χ3n) is 6.21. The van der Waals surface area contributed by atoms with Gasteiger partial charge in [0, 0.05) is 31.7 Å². The summed E-state index contributed by atoms with van der Waals surface area (Å²) in [5.74, 6) is 0.562. The Morgan fingerprint density at radius 3 is 2.36 bits per heavy atom. The van der Waals surface area contributed by atoms with E-state index in [2.05, 4.69) is 0 Å². The Hall–Kier alpha value is -2.53. The van der Waals surface area contributed by atoms with Crippen molar-refractivity contribution in [1.82, 2.24) is 14.2 Å². The number of hydrogen-bond acceptors (Lipinski definition) is 7. The van der Waals surface area contributed by atoms with Crippen molar-refractivity contribution in [3.05, 3.63) is 48.0 Å². The van der Waals surface area contributed by atoms with Crippen molar-refractivity contribution in [2.24, 2.45) is 0 Å². The van der Waals surface area contributed by atoms with Gasteiger partial charge in [-0.3, -0.25) is 9.69 Å². The highest BCUT2D eigenvalue weighted by Gasteiger charge is 2.26. The third-order valence-corrected chi connectivity index (χ3v) is 9.16. The minimum absolute atomic E-state index is 0.209. The molecule has 10 heteroatoms. The van der Waals surface area contributed by atoms with Gasteiger partial charge < -0.3 is 9.64 Å². The summed E-state index contributed by atoms with van der Waals surface area (Å²) in [6, 6.07) is 12.0. The van der Waals surface area contributed by atoms with Gasteiger partial charge in [0.15, 0.2) is 5.13 Å². The second kappa shape index (κ2) is 11.7. The van der Waals surface area contributed by atoms with Gasteiger partial charge in [0.25, 0.3) is 5.91 Å². The summed E-state index contributed by atoms with van der Waals surface area (Å²) < 4.78 is 34.4. The molecule has 36 heavy (non-hydrogen) atoms. The molecule has 0 atom stereocenters. The third kappa shape index (κ3) is 6.05. The molecule has 1 aliphatic heterocycles. The predicted octanol–water partition coefficient (Wildman–Crippen LogP) is 4.47. The van der Waals surface area contributed by atoms with Crippen molar-refractivity contribution in [3.8, 4) is 5.75 Å². The van der Waals surface area contributed by atoms with Crippen molar-refractivity contribution < 1.29 is 17.9 Å². The minimum atomic E-state index is -3.57. The molecule has 3 aromatic rings. The van der Waals surface area contributed by atoms with Crippen molar-refractivity contribution in [2.45, 2.75) is 37.5 Å². The van der Waals surface area contributed by atoms with Crippen LogP contribution in [0, 0.1) is 0 Å². The van der Waals surface area contributed by atoms with E-state index >= 15 is 0 Å². The van der Waals surface area contributed by atoms with Crippen LogP contribution in [0.3, 0.4) is 0 Å². The maximum absolute atomic E-state index is 13.6. The number of aromatic nitrogens is 1. The Kier molecular flexibility index (Phi) is 8.61. The number of rotatable bonds is 9. The highest BCUT2D eigenvalue weighted by Crippen LogP contribution is 2.32. The van der Waals surface area contributed by atoms with E-state index in [1.807, 2.05) is 44.1 Å². The number of fused-ring (bicyclic) bond motifs is 1. The van der Waals surface area contributed by atoms with Gasteiger partial charge in [-0.05, 0) is 76.3 Å². The fourth-order valence-electron chi connectivity index (χ4n) is 4.21. The first kappa shape index (κ1) is 26.5. The van der Waals surface area contributed by atoms with Gasteiger partial charge in [-0.2, -0.15) is 4.31 Å². The van der Waals surface area contributed by atoms with E-state index < -0.39 is 10.0 Å². The molecule has 4 rings (SSSR count). The topological polar surface area (TPSA) is 83.0 Å². The molecule has 1 saturated heterocycles. The smallest absolute Gasteiger partial charge is 0.260 e. The summed E-state index contributed by atoms with van der Waals surface area (Å²) in [6.45, 7) is 4.72. The van der Waals surface area contributed by atoms with Crippen LogP contribution in [-0.2, 0) is 10.0 Å².